The van der Waals surface area contributed by atoms with Crippen molar-refractivity contribution in [3.05, 3.63) is 142 Å². The number of carboxylic acid groups (broad SMARTS) is 1. The number of aryl methyl sites for hydroxylation is 1. The minimum absolute atomic E-state index is 0.00709. The molecule has 4 aromatic rings. The van der Waals surface area contributed by atoms with Crippen LogP contribution in [0.1, 0.15) is 154 Å². The van der Waals surface area contributed by atoms with Gasteiger partial charge in [0.2, 0.25) is 5.91 Å². The molecule has 5 amide bonds. The Morgan fingerprint density at radius 3 is 1.37 bits per heavy atom. The zero-order chi connectivity index (χ0) is 62.5. The van der Waals surface area contributed by atoms with Crippen molar-refractivity contribution in [3.8, 4) is 0 Å². The molecular weight excluding hydrogens is 1060 g/mol. The highest BCUT2D eigenvalue weighted by Gasteiger charge is 2.32. The summed E-state index contributed by atoms with van der Waals surface area (Å²) < 4.78 is 20.3. The fraction of sp³-hybridized carbons (Fsp3) is 0.452. The van der Waals surface area contributed by atoms with E-state index in [-0.39, 0.29) is 47.0 Å². The summed E-state index contributed by atoms with van der Waals surface area (Å²) in [5.74, 6) is -0.118. The normalized spacial score (nSPS) is 13.7. The maximum atomic E-state index is 12.7. The van der Waals surface area contributed by atoms with Crippen molar-refractivity contribution in [3.63, 3.8) is 0 Å². The second-order valence-electron chi connectivity index (χ2n) is 22.5. The second-order valence-corrected chi connectivity index (χ2v) is 22.5. The number of alkyl carbamates (subject to hydrolysis) is 4. The number of hydrogen-bond acceptors (Lipinski definition) is 14. The number of hydrogen-bond donors (Lipinski definition) is 10. The minimum atomic E-state index is -0.833. The van der Waals surface area contributed by atoms with E-state index in [4.69, 9.17) is 50.8 Å². The van der Waals surface area contributed by atoms with E-state index in [1.54, 1.807) is 76.2 Å². The first-order valence-corrected chi connectivity index (χ1v) is 27.5. The predicted octanol–water partition coefficient (Wildman–Crippen LogP) is 10.5. The number of ether oxygens (including phenoxy) is 4. The zero-order valence-electron chi connectivity index (χ0n) is 50.1. The Kier molecular flexibility index (Phi) is 30.0. The molecule has 0 spiro atoms. The van der Waals surface area contributed by atoms with Crippen LogP contribution in [0.3, 0.4) is 0 Å². The Morgan fingerprint density at radius 1 is 0.590 bits per heavy atom. The van der Waals surface area contributed by atoms with E-state index in [9.17, 15) is 28.8 Å². The number of nitrogen functional groups attached to an aromatic ring is 1. The van der Waals surface area contributed by atoms with Gasteiger partial charge >= 0.3 is 24.4 Å². The Balaban J connectivity index is 0.000000435. The van der Waals surface area contributed by atoms with Crippen LogP contribution in [0.4, 0.5) is 19.2 Å². The summed E-state index contributed by atoms with van der Waals surface area (Å²) in [6.07, 6.45) is 1.29. The Bertz CT molecular complexity index is 2750. The van der Waals surface area contributed by atoms with Crippen molar-refractivity contribution >= 4 is 59.5 Å². The summed E-state index contributed by atoms with van der Waals surface area (Å²) in [4.78, 5) is 80.7. The molecule has 4 aromatic carbocycles. The molecule has 5 rings (SSSR count). The Hall–Kier alpha value is -8.62. The van der Waals surface area contributed by atoms with E-state index in [0.717, 1.165) is 42.9 Å². The summed E-state index contributed by atoms with van der Waals surface area (Å²) in [5.41, 5.74) is 10.1. The molecule has 11 N–H and O–H groups in total. The third kappa shape index (κ3) is 31.3. The number of carboxylic acids is 1. The second kappa shape index (κ2) is 35.3. The van der Waals surface area contributed by atoms with E-state index in [1.165, 1.54) is 5.56 Å². The highest BCUT2D eigenvalue weighted by Crippen LogP contribution is 2.38. The molecular formula is C62H87N9O12. The fourth-order valence-corrected chi connectivity index (χ4v) is 7.46. The van der Waals surface area contributed by atoms with Crippen LogP contribution in [-0.2, 0) is 52.8 Å². The average molecular weight is 1150 g/mol. The van der Waals surface area contributed by atoms with Crippen molar-refractivity contribution in [2.75, 3.05) is 13.2 Å². The van der Waals surface area contributed by atoms with Gasteiger partial charge in [0.05, 0.1) is 19.3 Å². The van der Waals surface area contributed by atoms with Crippen LogP contribution in [-0.4, -0.2) is 95.1 Å². The van der Waals surface area contributed by atoms with E-state index in [1.807, 2.05) is 90.9 Å². The number of nitrogens with one attached hydrogen (secondary N) is 8. The number of amides is 5. The summed E-state index contributed by atoms with van der Waals surface area (Å²) in [6.45, 7) is 22.7. The first-order valence-electron chi connectivity index (χ1n) is 27.5. The molecule has 0 bridgehead atoms. The Labute approximate surface area is 488 Å². The third-order valence-electron chi connectivity index (χ3n) is 11.5. The Morgan fingerprint density at radius 2 is 0.988 bits per heavy atom. The number of ketones is 1. The van der Waals surface area contributed by atoms with Gasteiger partial charge in [0.15, 0.2) is 5.78 Å². The molecule has 0 unspecified atom stereocenters. The maximum Gasteiger partial charge on any atom is 0.412 e. The molecule has 0 radical (unpaired) electrons. The maximum absolute atomic E-state index is 12.7. The van der Waals surface area contributed by atoms with Gasteiger partial charge in [-0.1, -0.05) is 131 Å². The van der Waals surface area contributed by atoms with E-state index < -0.39 is 47.6 Å². The lowest BCUT2D eigenvalue weighted by Gasteiger charge is -2.19. The van der Waals surface area contributed by atoms with Crippen molar-refractivity contribution in [1.82, 2.24) is 26.6 Å². The lowest BCUT2D eigenvalue weighted by Crippen LogP contribution is -2.41. The van der Waals surface area contributed by atoms with E-state index in [2.05, 4.69) is 38.7 Å². The van der Waals surface area contributed by atoms with Gasteiger partial charge in [-0.05, 0) is 114 Å². The topological polar surface area (TPSA) is 334 Å². The lowest BCUT2D eigenvalue weighted by atomic mass is 9.96. The SMILES string of the molecule is CC(=O)O.CC(C)(C)OC(=O)NCc1ccc(C(=N)N)cc1.CC(C)COC(=O)NC(=N)c1ccc(CCC(=O)[C@H](C)NC(=O)[C@@H]2CC[C@@H](c3ccccc3)C2)cc1.CC(C)COC(=O)NC(=N)c1ccc(CNC(=O)OC(C)(C)C)cc1. The number of carbonyl (C=O) groups excluding carboxylic acids is 6. The van der Waals surface area contributed by atoms with Gasteiger partial charge in [0.25, 0.3) is 5.97 Å². The number of amidine groups is 3. The highest BCUT2D eigenvalue weighted by molar-refractivity contribution is 6.05. The quantitative estimate of drug-likeness (QED) is 0.0252. The molecule has 3 atom stereocenters. The van der Waals surface area contributed by atoms with Gasteiger partial charge in [0.1, 0.15) is 28.7 Å². The van der Waals surface area contributed by atoms with Crippen LogP contribution in [0.5, 0.6) is 0 Å². The monoisotopic (exact) mass is 1150 g/mol. The van der Waals surface area contributed by atoms with Gasteiger partial charge < -0.3 is 45.7 Å². The van der Waals surface area contributed by atoms with Gasteiger partial charge in [-0.3, -0.25) is 41.2 Å². The third-order valence-corrected chi connectivity index (χ3v) is 11.5. The first-order chi connectivity index (χ1) is 38.8. The van der Waals surface area contributed by atoms with Crippen molar-refractivity contribution in [2.24, 2.45) is 23.5 Å². The molecule has 21 heteroatoms. The molecule has 1 saturated carbocycles. The summed E-state index contributed by atoms with van der Waals surface area (Å²) >= 11 is 0. The van der Waals surface area contributed by atoms with Gasteiger partial charge in [-0.15, -0.1) is 0 Å². The van der Waals surface area contributed by atoms with E-state index >= 15 is 0 Å². The fourth-order valence-electron chi connectivity index (χ4n) is 7.46. The molecule has 1 aliphatic carbocycles. The average Bonchev–Trinajstić information content (AvgIpc) is 4.00. The largest absolute Gasteiger partial charge is 0.481 e. The zero-order valence-corrected chi connectivity index (χ0v) is 50.1. The number of benzene rings is 4. The standard InChI is InChI=1S/C29H37N3O4.C18H27N3O4.C13H19N3O2.C2H4O2/c1-19(2)18-36-29(35)32-27(30)23-12-9-21(10-13-23)11-16-26(33)20(3)31-28(34)25-15-14-24(17-25)22-7-5-4-6-8-22;1-12(2)11-24-17(23)21-15(19)14-8-6-13(7-9-14)10-20-16(22)25-18(3,4)5;1-13(2,3)18-12(17)16-8-9-4-6-10(7-5-9)11(14)15;1-2(3)4/h4-10,12-13,19-20,24-25H,11,14-18H2,1-3H3,(H,31,34)(H2,30,32,35);6-9,12H,10-11H2,1-5H3,(H,20,22)(H2,19,21,23);4-7H,8H2,1-3H3,(H3,14,15)(H,16,17);1H3,(H,3,4)/t20-,24+,25+;;;/m0.../s1. The molecule has 0 heterocycles. The molecule has 0 aliphatic heterocycles. The number of carbonyl (C=O) groups is 7. The van der Waals surface area contributed by atoms with Crippen LogP contribution >= 0.6 is 0 Å². The molecule has 452 valence electrons. The van der Waals surface area contributed by atoms with Gasteiger partial charge in [-0.25, -0.2) is 19.2 Å². The molecule has 0 aromatic heterocycles. The molecule has 1 aliphatic rings. The van der Waals surface area contributed by atoms with Crippen LogP contribution in [0.15, 0.2) is 103 Å². The molecule has 0 saturated heterocycles. The smallest absolute Gasteiger partial charge is 0.412 e. The van der Waals surface area contributed by atoms with Gasteiger partial charge in [-0.2, -0.15) is 0 Å². The van der Waals surface area contributed by atoms with Crippen LogP contribution in [0, 0.1) is 34.0 Å². The summed E-state index contributed by atoms with van der Waals surface area (Å²) in [5, 5.41) is 43.6. The van der Waals surface area contributed by atoms with Crippen molar-refractivity contribution in [2.45, 2.75) is 151 Å². The van der Waals surface area contributed by atoms with Crippen LogP contribution in [0.2, 0.25) is 0 Å². The van der Waals surface area contributed by atoms with Crippen LogP contribution in [0.25, 0.3) is 0 Å². The number of Topliss-reactive ketones (excluding diaryl/α,β-unsaturated/α-hetero) is 1. The summed E-state index contributed by atoms with van der Waals surface area (Å²) in [7, 11) is 0. The number of nitrogens with two attached hydrogens (primary N) is 1. The van der Waals surface area contributed by atoms with Crippen molar-refractivity contribution < 1.29 is 57.6 Å². The summed E-state index contributed by atoms with van der Waals surface area (Å²) in [6, 6.07) is 30.9. The van der Waals surface area contributed by atoms with Gasteiger partial charge in [0, 0.05) is 49.0 Å². The van der Waals surface area contributed by atoms with Crippen molar-refractivity contribution in [1.29, 1.82) is 16.2 Å². The highest BCUT2D eigenvalue weighted by atomic mass is 16.6. The minimum Gasteiger partial charge on any atom is -0.481 e. The number of aliphatic carboxylic acids is 1. The number of rotatable bonds is 18. The molecule has 83 heavy (non-hydrogen) atoms. The van der Waals surface area contributed by atoms with Crippen LogP contribution < -0.4 is 32.3 Å². The molecule has 1 fully saturated rings. The predicted molar refractivity (Wildman–Crippen MR) is 320 cm³/mol. The molecule has 21 nitrogen and oxygen atoms in total. The first kappa shape index (κ1) is 70.5. The van der Waals surface area contributed by atoms with E-state index in [0.29, 0.717) is 61.8 Å². The lowest BCUT2D eigenvalue weighted by molar-refractivity contribution is -0.134.